The number of carbonyl (C=O) groups is 1. The second-order valence-electron chi connectivity index (χ2n) is 4.07. The van der Waals surface area contributed by atoms with Crippen molar-refractivity contribution in [1.29, 1.82) is 0 Å². The molecule has 0 saturated carbocycles. The van der Waals surface area contributed by atoms with Crippen molar-refractivity contribution >= 4 is 17.6 Å². The predicted molar refractivity (Wildman–Crippen MR) is 77.4 cm³/mol. The minimum absolute atomic E-state index is 0.203. The number of benzene rings is 1. The highest BCUT2D eigenvalue weighted by atomic mass is 35.5. The quantitative estimate of drug-likeness (QED) is 0.477. The van der Waals surface area contributed by atoms with Gasteiger partial charge in [0.05, 0.1) is 25.4 Å². The van der Waals surface area contributed by atoms with Crippen molar-refractivity contribution in [2.75, 3.05) is 13.2 Å². The fourth-order valence-corrected chi connectivity index (χ4v) is 1.78. The Kier molecular flexibility index (Phi) is 7.12. The van der Waals surface area contributed by atoms with Gasteiger partial charge in [-0.3, -0.25) is 0 Å². The molecule has 1 atom stereocenters. The first-order valence-corrected chi connectivity index (χ1v) is 6.88. The summed E-state index contributed by atoms with van der Waals surface area (Å²) in [6, 6.07) is 6.88. The van der Waals surface area contributed by atoms with Gasteiger partial charge in [-0.25, -0.2) is 4.79 Å². The molecule has 110 valence electrons. The first-order chi connectivity index (χ1) is 9.56. The highest BCUT2D eigenvalue weighted by Gasteiger charge is 2.13. The molecule has 20 heavy (non-hydrogen) atoms. The predicted octanol–water partition coefficient (Wildman–Crippen LogP) is 3.25. The Labute approximate surface area is 124 Å². The van der Waals surface area contributed by atoms with Gasteiger partial charge in [0.25, 0.3) is 0 Å². The number of carbonyl (C=O) groups excluding carboxylic acids is 1. The van der Waals surface area contributed by atoms with Crippen molar-refractivity contribution in [2.45, 2.75) is 26.4 Å². The summed E-state index contributed by atoms with van der Waals surface area (Å²) >= 11 is 5.80. The molecule has 0 aromatic heterocycles. The van der Waals surface area contributed by atoms with Crippen molar-refractivity contribution in [3.05, 3.63) is 46.7 Å². The maximum absolute atomic E-state index is 11.4. The molecular weight excluding hydrogens is 280 g/mol. The first kappa shape index (κ1) is 16.5. The Bertz CT molecular complexity index is 453. The third kappa shape index (κ3) is 5.63. The Morgan fingerprint density at radius 2 is 1.85 bits per heavy atom. The minimum Gasteiger partial charge on any atom is -0.498 e. The second-order valence-corrected chi connectivity index (χ2v) is 4.50. The number of rotatable bonds is 7. The zero-order chi connectivity index (χ0) is 15.0. The van der Waals surface area contributed by atoms with Gasteiger partial charge in [0.15, 0.2) is 0 Å². The molecular formula is C15H19ClO4. The third-order valence-corrected chi connectivity index (χ3v) is 2.80. The van der Waals surface area contributed by atoms with Crippen LogP contribution in [-0.4, -0.2) is 24.3 Å². The van der Waals surface area contributed by atoms with Gasteiger partial charge in [0, 0.05) is 11.4 Å². The number of aliphatic hydroxyl groups excluding tert-OH is 1. The lowest BCUT2D eigenvalue weighted by Gasteiger charge is -2.14. The van der Waals surface area contributed by atoms with Gasteiger partial charge in [-0.15, -0.1) is 0 Å². The van der Waals surface area contributed by atoms with Crippen LogP contribution in [0.25, 0.3) is 0 Å². The van der Waals surface area contributed by atoms with E-state index in [0.717, 1.165) is 0 Å². The molecule has 0 saturated heterocycles. The van der Waals surface area contributed by atoms with Crippen LogP contribution in [0.15, 0.2) is 36.1 Å². The minimum atomic E-state index is -0.764. The summed E-state index contributed by atoms with van der Waals surface area (Å²) in [4.78, 5) is 11.4. The monoisotopic (exact) mass is 298 g/mol. The number of hydrogen-bond donors (Lipinski definition) is 1. The Balaban J connectivity index is 2.74. The van der Waals surface area contributed by atoms with Crippen LogP contribution in [0, 0.1) is 0 Å². The van der Waals surface area contributed by atoms with E-state index in [1.165, 1.54) is 6.08 Å². The molecule has 1 N–H and O–H groups in total. The molecule has 0 aliphatic carbocycles. The number of esters is 1. The SMILES string of the molecule is CCOC(=O)/C=C(\C[C@@H](O)c1ccc(Cl)cc1)OCC. The molecule has 5 heteroatoms. The summed E-state index contributed by atoms with van der Waals surface area (Å²) < 4.78 is 10.2. The van der Waals surface area contributed by atoms with E-state index in [1.807, 2.05) is 6.92 Å². The van der Waals surface area contributed by atoms with Gasteiger partial charge in [-0.05, 0) is 31.5 Å². The topological polar surface area (TPSA) is 55.8 Å². The Morgan fingerprint density at radius 1 is 1.25 bits per heavy atom. The highest BCUT2D eigenvalue weighted by molar-refractivity contribution is 6.30. The van der Waals surface area contributed by atoms with Gasteiger partial charge in [-0.1, -0.05) is 23.7 Å². The van der Waals surface area contributed by atoms with Crippen molar-refractivity contribution in [1.82, 2.24) is 0 Å². The lowest BCUT2D eigenvalue weighted by atomic mass is 10.1. The van der Waals surface area contributed by atoms with Gasteiger partial charge >= 0.3 is 5.97 Å². The van der Waals surface area contributed by atoms with Crippen LogP contribution in [-0.2, 0) is 14.3 Å². The van der Waals surface area contributed by atoms with E-state index in [9.17, 15) is 9.90 Å². The number of halogens is 1. The molecule has 0 fully saturated rings. The molecule has 0 amide bonds. The zero-order valence-corrected chi connectivity index (χ0v) is 12.4. The van der Waals surface area contributed by atoms with Crippen LogP contribution in [0.4, 0.5) is 0 Å². The lowest BCUT2D eigenvalue weighted by molar-refractivity contribution is -0.137. The standard InChI is InChI=1S/C15H19ClO4/c1-3-19-13(10-15(18)20-4-2)9-14(17)11-5-7-12(16)8-6-11/h5-8,10,14,17H,3-4,9H2,1-2H3/b13-10+/t14-/m1/s1. The molecule has 0 heterocycles. The molecule has 0 spiro atoms. The highest BCUT2D eigenvalue weighted by Crippen LogP contribution is 2.23. The van der Waals surface area contributed by atoms with E-state index in [2.05, 4.69) is 0 Å². The average Bonchev–Trinajstić information content (AvgIpc) is 2.39. The second kappa shape index (κ2) is 8.61. The summed E-state index contributed by atoms with van der Waals surface area (Å²) in [6.45, 7) is 4.26. The van der Waals surface area contributed by atoms with Crippen molar-refractivity contribution in [2.24, 2.45) is 0 Å². The smallest absolute Gasteiger partial charge is 0.334 e. The van der Waals surface area contributed by atoms with E-state index in [-0.39, 0.29) is 6.42 Å². The Morgan fingerprint density at radius 3 is 2.40 bits per heavy atom. The molecule has 1 aromatic carbocycles. The van der Waals surface area contributed by atoms with Crippen molar-refractivity contribution in [3.63, 3.8) is 0 Å². The molecule has 1 aromatic rings. The largest absolute Gasteiger partial charge is 0.498 e. The van der Waals surface area contributed by atoms with Crippen LogP contribution in [0.2, 0.25) is 5.02 Å². The van der Waals surface area contributed by atoms with Gasteiger partial charge in [0.1, 0.15) is 5.76 Å². The Hall–Kier alpha value is -1.52. The van der Waals surface area contributed by atoms with Gasteiger partial charge < -0.3 is 14.6 Å². The fraction of sp³-hybridized carbons (Fsp3) is 0.400. The van der Waals surface area contributed by atoms with Crippen molar-refractivity contribution < 1.29 is 19.4 Å². The van der Waals surface area contributed by atoms with Crippen LogP contribution >= 0.6 is 11.6 Å². The molecule has 0 unspecified atom stereocenters. The van der Waals surface area contributed by atoms with Gasteiger partial charge in [0.2, 0.25) is 0 Å². The van der Waals surface area contributed by atoms with Crippen LogP contribution in [0.1, 0.15) is 31.9 Å². The van der Waals surface area contributed by atoms with Crippen LogP contribution in [0.3, 0.4) is 0 Å². The molecule has 0 aliphatic heterocycles. The van der Waals surface area contributed by atoms with E-state index < -0.39 is 12.1 Å². The number of ether oxygens (including phenoxy) is 2. The average molecular weight is 299 g/mol. The van der Waals surface area contributed by atoms with E-state index in [0.29, 0.717) is 29.6 Å². The van der Waals surface area contributed by atoms with E-state index in [4.69, 9.17) is 21.1 Å². The van der Waals surface area contributed by atoms with Crippen molar-refractivity contribution in [3.8, 4) is 0 Å². The summed E-state index contributed by atoms with van der Waals surface area (Å²) in [6.07, 6.45) is 0.708. The summed E-state index contributed by atoms with van der Waals surface area (Å²) in [5, 5.41) is 10.7. The normalized spacial score (nSPS) is 12.9. The number of hydrogen-bond acceptors (Lipinski definition) is 4. The molecule has 1 rings (SSSR count). The van der Waals surface area contributed by atoms with Crippen LogP contribution in [0.5, 0.6) is 0 Å². The van der Waals surface area contributed by atoms with Gasteiger partial charge in [-0.2, -0.15) is 0 Å². The third-order valence-electron chi connectivity index (χ3n) is 2.54. The summed E-state index contributed by atoms with van der Waals surface area (Å²) in [5.74, 6) is -0.0762. The summed E-state index contributed by atoms with van der Waals surface area (Å²) in [7, 11) is 0. The summed E-state index contributed by atoms with van der Waals surface area (Å²) in [5.41, 5.74) is 0.712. The molecule has 4 nitrogen and oxygen atoms in total. The maximum Gasteiger partial charge on any atom is 0.334 e. The lowest BCUT2D eigenvalue weighted by Crippen LogP contribution is -2.06. The molecule has 0 radical (unpaired) electrons. The maximum atomic E-state index is 11.4. The zero-order valence-electron chi connectivity index (χ0n) is 11.6. The van der Waals surface area contributed by atoms with E-state index >= 15 is 0 Å². The van der Waals surface area contributed by atoms with Crippen LogP contribution < -0.4 is 0 Å². The van der Waals surface area contributed by atoms with E-state index in [1.54, 1.807) is 31.2 Å². The molecule has 0 bridgehead atoms. The first-order valence-electron chi connectivity index (χ1n) is 6.50. The fourth-order valence-electron chi connectivity index (χ4n) is 1.65. The number of aliphatic hydroxyl groups is 1. The molecule has 0 aliphatic rings.